The predicted octanol–water partition coefficient (Wildman–Crippen LogP) is 3.02. The molecule has 0 fully saturated rings. The van der Waals surface area contributed by atoms with Crippen molar-refractivity contribution in [1.82, 2.24) is 5.32 Å². The lowest BCUT2D eigenvalue weighted by Gasteiger charge is -2.09. The minimum absolute atomic E-state index is 0.0317. The van der Waals surface area contributed by atoms with Crippen LogP contribution in [-0.4, -0.2) is 15.5 Å². The summed E-state index contributed by atoms with van der Waals surface area (Å²) in [4.78, 5) is 1.79. The number of benzene rings is 1. The highest BCUT2D eigenvalue weighted by Crippen LogP contribution is 2.28. The third kappa shape index (κ3) is 3.61. The van der Waals surface area contributed by atoms with E-state index < -0.39 is 15.8 Å². The molecule has 0 unspecified atom stereocenters. The van der Waals surface area contributed by atoms with Gasteiger partial charge in [0.05, 0.1) is 5.69 Å². The summed E-state index contributed by atoms with van der Waals surface area (Å²) in [5.41, 5.74) is 0.753. The van der Waals surface area contributed by atoms with Crippen molar-refractivity contribution in [3.63, 3.8) is 0 Å². The maximum Gasteiger partial charge on any atom is 0.263 e. The van der Waals surface area contributed by atoms with Gasteiger partial charge in [-0.2, -0.15) is 0 Å². The molecule has 0 aliphatic heterocycles. The molecule has 0 atom stereocenters. The first-order chi connectivity index (χ1) is 9.83. The van der Waals surface area contributed by atoms with Crippen molar-refractivity contribution in [3.8, 4) is 0 Å². The molecule has 0 spiro atoms. The van der Waals surface area contributed by atoms with E-state index in [1.807, 2.05) is 0 Å². The first kappa shape index (κ1) is 15.9. The molecule has 0 saturated carbocycles. The Morgan fingerprint density at radius 1 is 1.24 bits per heavy atom. The molecule has 2 N–H and O–H groups in total. The fraction of sp³-hybridized carbons (Fsp3) is 0.286. The molecule has 1 aromatic heterocycles. The Labute approximate surface area is 128 Å². The lowest BCUT2D eigenvalue weighted by molar-refractivity contribution is 0.598. The van der Waals surface area contributed by atoms with E-state index in [0.717, 1.165) is 10.4 Å². The second-order valence-corrected chi connectivity index (χ2v) is 7.74. The minimum Gasteiger partial charge on any atom is -0.315 e. The van der Waals surface area contributed by atoms with Crippen LogP contribution in [0.2, 0.25) is 0 Å². The van der Waals surface area contributed by atoms with Gasteiger partial charge < -0.3 is 5.32 Å². The molecular formula is C14H17FN2O2S2. The Bertz CT molecular complexity index is 754. The Hall–Kier alpha value is -1.44. The SMILES string of the molecule is CNCc1cc(S(=O)(=O)Nc2cc(C)ccc2F)c(C)s1. The molecule has 0 radical (unpaired) electrons. The fourth-order valence-corrected chi connectivity index (χ4v) is 4.68. The van der Waals surface area contributed by atoms with Crippen LogP contribution in [0.3, 0.4) is 0 Å². The van der Waals surface area contributed by atoms with Crippen molar-refractivity contribution in [2.75, 3.05) is 11.8 Å². The number of nitrogens with one attached hydrogen (secondary N) is 2. The molecule has 2 rings (SSSR count). The van der Waals surface area contributed by atoms with E-state index in [-0.39, 0.29) is 10.6 Å². The zero-order valence-electron chi connectivity index (χ0n) is 12.0. The minimum atomic E-state index is -3.79. The van der Waals surface area contributed by atoms with Crippen LogP contribution in [0, 0.1) is 19.7 Å². The van der Waals surface area contributed by atoms with Crippen LogP contribution in [0.4, 0.5) is 10.1 Å². The Morgan fingerprint density at radius 2 is 1.95 bits per heavy atom. The van der Waals surface area contributed by atoms with Crippen molar-refractivity contribution in [2.45, 2.75) is 25.3 Å². The highest BCUT2D eigenvalue weighted by Gasteiger charge is 2.21. The molecule has 0 aliphatic carbocycles. The monoisotopic (exact) mass is 328 g/mol. The van der Waals surface area contributed by atoms with Gasteiger partial charge in [0.15, 0.2) is 0 Å². The normalized spacial score (nSPS) is 11.6. The van der Waals surface area contributed by atoms with Gasteiger partial charge in [-0.05, 0) is 44.7 Å². The average molecular weight is 328 g/mol. The molecule has 0 saturated heterocycles. The second kappa shape index (κ2) is 6.13. The summed E-state index contributed by atoms with van der Waals surface area (Å²) in [6.45, 7) is 4.11. The van der Waals surface area contributed by atoms with Gasteiger partial charge >= 0.3 is 0 Å². The molecule has 0 amide bonds. The number of hydrogen-bond acceptors (Lipinski definition) is 4. The van der Waals surface area contributed by atoms with Gasteiger partial charge in [0.2, 0.25) is 0 Å². The number of sulfonamides is 1. The lowest BCUT2D eigenvalue weighted by atomic mass is 10.2. The number of hydrogen-bond donors (Lipinski definition) is 2. The smallest absolute Gasteiger partial charge is 0.263 e. The molecule has 0 aliphatic rings. The summed E-state index contributed by atoms with van der Waals surface area (Å²) in [6, 6.07) is 5.93. The van der Waals surface area contributed by atoms with Gasteiger partial charge in [0.1, 0.15) is 10.7 Å². The van der Waals surface area contributed by atoms with Crippen LogP contribution < -0.4 is 10.0 Å². The van der Waals surface area contributed by atoms with Crippen molar-refractivity contribution >= 4 is 27.0 Å². The van der Waals surface area contributed by atoms with Crippen molar-refractivity contribution < 1.29 is 12.8 Å². The molecule has 1 heterocycles. The van der Waals surface area contributed by atoms with Crippen LogP contribution in [0.25, 0.3) is 0 Å². The molecule has 114 valence electrons. The van der Waals surface area contributed by atoms with Gasteiger partial charge in [-0.15, -0.1) is 11.3 Å². The topological polar surface area (TPSA) is 58.2 Å². The Morgan fingerprint density at radius 3 is 2.62 bits per heavy atom. The molecule has 0 bridgehead atoms. The third-order valence-electron chi connectivity index (χ3n) is 2.93. The molecular weight excluding hydrogens is 311 g/mol. The summed E-state index contributed by atoms with van der Waals surface area (Å²) >= 11 is 1.41. The fourth-order valence-electron chi connectivity index (χ4n) is 1.97. The van der Waals surface area contributed by atoms with E-state index in [4.69, 9.17) is 0 Å². The Balaban J connectivity index is 2.36. The molecule has 2 aromatic rings. The van der Waals surface area contributed by atoms with Gasteiger partial charge in [-0.25, -0.2) is 12.8 Å². The highest BCUT2D eigenvalue weighted by atomic mass is 32.2. The van der Waals surface area contributed by atoms with Crippen LogP contribution in [0.1, 0.15) is 15.3 Å². The quantitative estimate of drug-likeness (QED) is 0.887. The van der Waals surface area contributed by atoms with Crippen LogP contribution in [-0.2, 0) is 16.6 Å². The highest BCUT2D eigenvalue weighted by molar-refractivity contribution is 7.93. The van der Waals surface area contributed by atoms with Crippen molar-refractivity contribution in [3.05, 3.63) is 45.4 Å². The van der Waals surface area contributed by atoms with E-state index in [0.29, 0.717) is 11.4 Å². The van der Waals surface area contributed by atoms with Gasteiger partial charge in [-0.1, -0.05) is 6.07 Å². The van der Waals surface area contributed by atoms with E-state index in [1.165, 1.54) is 23.5 Å². The number of anilines is 1. The van der Waals surface area contributed by atoms with Crippen LogP contribution in [0.15, 0.2) is 29.2 Å². The number of rotatable bonds is 5. The standard InChI is InChI=1S/C14H17FN2O2S2/c1-9-4-5-12(15)13(6-9)17-21(18,19)14-7-11(8-16-3)20-10(14)2/h4-7,16-17H,8H2,1-3H3. The van der Waals surface area contributed by atoms with Gasteiger partial charge in [-0.3, -0.25) is 4.72 Å². The third-order valence-corrected chi connectivity index (χ3v) is 5.60. The zero-order chi connectivity index (χ0) is 15.6. The second-order valence-electron chi connectivity index (χ2n) is 4.75. The van der Waals surface area contributed by atoms with Gasteiger partial charge in [0, 0.05) is 16.3 Å². The van der Waals surface area contributed by atoms with E-state index in [1.54, 1.807) is 33.0 Å². The van der Waals surface area contributed by atoms with Gasteiger partial charge in [0.25, 0.3) is 10.0 Å². The summed E-state index contributed by atoms with van der Waals surface area (Å²) in [5, 5.41) is 2.98. The zero-order valence-corrected chi connectivity index (χ0v) is 13.7. The molecule has 4 nitrogen and oxygen atoms in total. The number of thiophene rings is 1. The summed E-state index contributed by atoms with van der Waals surface area (Å²) in [6.07, 6.45) is 0. The van der Waals surface area contributed by atoms with Crippen molar-refractivity contribution in [2.24, 2.45) is 0 Å². The van der Waals surface area contributed by atoms with E-state index >= 15 is 0 Å². The first-order valence-electron chi connectivity index (χ1n) is 6.36. The van der Waals surface area contributed by atoms with Crippen LogP contribution in [0.5, 0.6) is 0 Å². The predicted molar refractivity (Wildman–Crippen MR) is 83.8 cm³/mol. The Kier molecular flexibility index (Phi) is 4.65. The van der Waals surface area contributed by atoms with E-state index in [9.17, 15) is 12.8 Å². The lowest BCUT2D eigenvalue weighted by Crippen LogP contribution is -2.14. The average Bonchev–Trinajstić information content (AvgIpc) is 2.76. The maximum atomic E-state index is 13.7. The molecule has 1 aromatic carbocycles. The van der Waals surface area contributed by atoms with Crippen LogP contribution >= 0.6 is 11.3 Å². The van der Waals surface area contributed by atoms with E-state index in [2.05, 4.69) is 10.0 Å². The van der Waals surface area contributed by atoms with Crippen molar-refractivity contribution in [1.29, 1.82) is 0 Å². The molecule has 21 heavy (non-hydrogen) atoms. The largest absolute Gasteiger partial charge is 0.315 e. The summed E-state index contributed by atoms with van der Waals surface area (Å²) in [5.74, 6) is -0.590. The summed E-state index contributed by atoms with van der Waals surface area (Å²) < 4.78 is 40.9. The maximum absolute atomic E-state index is 13.7. The number of aryl methyl sites for hydroxylation is 2. The molecule has 7 heteroatoms. The summed E-state index contributed by atoms with van der Waals surface area (Å²) in [7, 11) is -1.99. The first-order valence-corrected chi connectivity index (χ1v) is 8.66. The number of halogens is 1.